The molecule has 1 N–H and O–H groups in total. The molecule has 2 atom stereocenters. The van der Waals surface area contributed by atoms with Gasteiger partial charge in [0.25, 0.3) is 0 Å². The number of benzene rings is 1. The van der Waals surface area contributed by atoms with Gasteiger partial charge in [0.2, 0.25) is 0 Å². The van der Waals surface area contributed by atoms with Crippen molar-refractivity contribution in [2.24, 2.45) is 5.41 Å². The first kappa shape index (κ1) is 14.1. The maximum atomic E-state index is 10.8. The fourth-order valence-electron chi connectivity index (χ4n) is 3.88. The predicted octanol–water partition coefficient (Wildman–Crippen LogP) is 3.55. The van der Waals surface area contributed by atoms with Gasteiger partial charge in [-0.25, -0.2) is 0 Å². The van der Waals surface area contributed by atoms with Gasteiger partial charge in [0, 0.05) is 6.04 Å². The van der Waals surface area contributed by atoms with Crippen LogP contribution in [0.5, 0.6) is 0 Å². The molecular formula is C18H27NO. The molecule has 1 heterocycles. The highest BCUT2D eigenvalue weighted by molar-refractivity contribution is 5.32. The van der Waals surface area contributed by atoms with Crippen LogP contribution in [0.15, 0.2) is 24.3 Å². The summed E-state index contributed by atoms with van der Waals surface area (Å²) in [7, 11) is 0. The Morgan fingerprint density at radius 2 is 1.95 bits per heavy atom. The van der Waals surface area contributed by atoms with Crippen molar-refractivity contribution in [1.82, 2.24) is 4.90 Å². The fraction of sp³-hybridized carbons (Fsp3) is 0.667. The highest BCUT2D eigenvalue weighted by atomic mass is 16.3. The summed E-state index contributed by atoms with van der Waals surface area (Å²) in [5, 5.41) is 10.8. The summed E-state index contributed by atoms with van der Waals surface area (Å²) in [5.41, 5.74) is 2.96. The van der Waals surface area contributed by atoms with Crippen LogP contribution in [0.2, 0.25) is 0 Å². The Morgan fingerprint density at radius 1 is 1.15 bits per heavy atom. The number of fused-ring (bicyclic) bond motifs is 1. The van der Waals surface area contributed by atoms with Gasteiger partial charge < -0.3 is 5.11 Å². The molecule has 20 heavy (non-hydrogen) atoms. The second kappa shape index (κ2) is 5.50. The van der Waals surface area contributed by atoms with Gasteiger partial charge in [0.05, 0.1) is 6.10 Å². The molecule has 110 valence electrons. The van der Waals surface area contributed by atoms with Crippen molar-refractivity contribution in [2.75, 3.05) is 13.1 Å². The topological polar surface area (TPSA) is 23.5 Å². The van der Waals surface area contributed by atoms with E-state index in [1.165, 1.54) is 24.8 Å². The van der Waals surface area contributed by atoms with Crippen LogP contribution in [-0.4, -0.2) is 29.1 Å². The highest BCUT2D eigenvalue weighted by Crippen LogP contribution is 2.36. The smallest absolute Gasteiger partial charge is 0.0947 e. The first-order valence-corrected chi connectivity index (χ1v) is 8.07. The number of hydrogen-bond acceptors (Lipinski definition) is 2. The van der Waals surface area contributed by atoms with Gasteiger partial charge in [-0.3, -0.25) is 4.90 Å². The molecule has 2 nitrogen and oxygen atoms in total. The van der Waals surface area contributed by atoms with Gasteiger partial charge in [-0.1, -0.05) is 38.1 Å². The molecule has 0 aromatic heterocycles. The van der Waals surface area contributed by atoms with Crippen molar-refractivity contribution < 1.29 is 5.11 Å². The van der Waals surface area contributed by atoms with E-state index < -0.39 is 0 Å². The molecular weight excluding hydrogens is 246 g/mol. The molecule has 0 spiro atoms. The van der Waals surface area contributed by atoms with Gasteiger partial charge in [0.15, 0.2) is 0 Å². The third kappa shape index (κ3) is 2.77. The van der Waals surface area contributed by atoms with Crippen LogP contribution in [0.1, 0.15) is 56.8 Å². The maximum Gasteiger partial charge on any atom is 0.0947 e. The Kier molecular flexibility index (Phi) is 3.87. The minimum absolute atomic E-state index is 0.304. The quantitative estimate of drug-likeness (QED) is 0.846. The summed E-state index contributed by atoms with van der Waals surface area (Å²) < 4.78 is 0. The standard InChI is InChI=1S/C18H27NO/c1-18(2)10-5-12-19(13-11-18)16-9-8-14-6-3-4-7-15(14)17(16)20/h3-4,6-7,16-17,20H,5,8-13H2,1-2H3. The lowest BCUT2D eigenvalue weighted by molar-refractivity contribution is 0.0363. The van der Waals surface area contributed by atoms with Crippen LogP contribution in [0, 0.1) is 5.41 Å². The van der Waals surface area contributed by atoms with E-state index in [1.54, 1.807) is 0 Å². The van der Waals surface area contributed by atoms with Crippen molar-refractivity contribution in [3.05, 3.63) is 35.4 Å². The van der Waals surface area contributed by atoms with E-state index in [0.717, 1.165) is 31.5 Å². The molecule has 1 saturated heterocycles. The number of aliphatic hydroxyl groups excluding tert-OH is 1. The predicted molar refractivity (Wildman–Crippen MR) is 82.7 cm³/mol. The van der Waals surface area contributed by atoms with E-state index in [4.69, 9.17) is 0 Å². The lowest BCUT2D eigenvalue weighted by atomic mass is 9.84. The number of aliphatic hydroxyl groups is 1. The van der Waals surface area contributed by atoms with E-state index in [-0.39, 0.29) is 6.10 Å². The number of likely N-dealkylation sites (tertiary alicyclic amines) is 1. The zero-order chi connectivity index (χ0) is 14.2. The average Bonchev–Trinajstić information content (AvgIpc) is 2.61. The summed E-state index contributed by atoms with van der Waals surface area (Å²) in [6, 6.07) is 8.73. The Bertz CT molecular complexity index is 468. The van der Waals surface area contributed by atoms with Crippen LogP contribution < -0.4 is 0 Å². The van der Waals surface area contributed by atoms with Crippen molar-refractivity contribution >= 4 is 0 Å². The second-order valence-electron chi connectivity index (χ2n) is 7.30. The zero-order valence-corrected chi connectivity index (χ0v) is 12.8. The van der Waals surface area contributed by atoms with Crippen LogP contribution in [0.3, 0.4) is 0 Å². The second-order valence-corrected chi connectivity index (χ2v) is 7.30. The molecule has 1 aliphatic carbocycles. The maximum absolute atomic E-state index is 10.8. The molecule has 3 rings (SSSR count). The largest absolute Gasteiger partial charge is 0.387 e. The summed E-state index contributed by atoms with van der Waals surface area (Å²) in [6.45, 7) is 7.04. The van der Waals surface area contributed by atoms with Crippen LogP contribution in [-0.2, 0) is 6.42 Å². The van der Waals surface area contributed by atoms with Gasteiger partial charge >= 0.3 is 0 Å². The molecule has 0 amide bonds. The monoisotopic (exact) mass is 273 g/mol. The number of rotatable bonds is 1. The van der Waals surface area contributed by atoms with Gasteiger partial charge in [-0.05, 0) is 61.7 Å². The summed E-state index contributed by atoms with van der Waals surface area (Å²) in [4.78, 5) is 2.55. The zero-order valence-electron chi connectivity index (χ0n) is 12.8. The Hall–Kier alpha value is -0.860. The number of nitrogens with zero attached hydrogens (tertiary/aromatic N) is 1. The van der Waals surface area contributed by atoms with E-state index in [0.29, 0.717) is 11.5 Å². The molecule has 0 saturated carbocycles. The van der Waals surface area contributed by atoms with Crippen molar-refractivity contribution in [1.29, 1.82) is 0 Å². The minimum atomic E-state index is -0.304. The van der Waals surface area contributed by atoms with Crippen molar-refractivity contribution in [2.45, 2.75) is 58.1 Å². The van der Waals surface area contributed by atoms with E-state index >= 15 is 0 Å². The number of aryl methyl sites for hydroxylation is 1. The Balaban J connectivity index is 1.75. The molecule has 1 aromatic rings. The van der Waals surface area contributed by atoms with Crippen LogP contribution in [0.25, 0.3) is 0 Å². The Labute approximate surface area is 122 Å². The molecule has 0 radical (unpaired) electrons. The molecule has 2 aliphatic rings. The summed E-state index contributed by atoms with van der Waals surface area (Å²) >= 11 is 0. The van der Waals surface area contributed by atoms with Gasteiger partial charge in [-0.2, -0.15) is 0 Å². The summed E-state index contributed by atoms with van der Waals surface area (Å²) in [6.07, 6.45) is 5.72. The molecule has 1 aliphatic heterocycles. The van der Waals surface area contributed by atoms with E-state index in [9.17, 15) is 5.11 Å². The minimum Gasteiger partial charge on any atom is -0.387 e. The highest BCUT2D eigenvalue weighted by Gasteiger charge is 2.34. The molecule has 2 heteroatoms. The normalized spacial score (nSPS) is 30.6. The molecule has 2 unspecified atom stereocenters. The molecule has 1 fully saturated rings. The summed E-state index contributed by atoms with van der Waals surface area (Å²) in [5.74, 6) is 0. The van der Waals surface area contributed by atoms with Crippen LogP contribution in [0.4, 0.5) is 0 Å². The Morgan fingerprint density at radius 3 is 2.80 bits per heavy atom. The molecule has 0 bridgehead atoms. The van der Waals surface area contributed by atoms with Gasteiger partial charge in [-0.15, -0.1) is 0 Å². The fourth-order valence-corrected chi connectivity index (χ4v) is 3.88. The average molecular weight is 273 g/mol. The first-order valence-electron chi connectivity index (χ1n) is 8.07. The lowest BCUT2D eigenvalue weighted by Crippen LogP contribution is -2.43. The third-order valence-corrected chi connectivity index (χ3v) is 5.29. The van der Waals surface area contributed by atoms with E-state index in [1.807, 2.05) is 0 Å². The van der Waals surface area contributed by atoms with Crippen molar-refractivity contribution in [3.8, 4) is 0 Å². The molecule has 1 aromatic carbocycles. The van der Waals surface area contributed by atoms with E-state index in [2.05, 4.69) is 43.0 Å². The SMILES string of the molecule is CC1(C)CCCN(C2CCc3ccccc3C2O)CC1. The van der Waals surface area contributed by atoms with Crippen molar-refractivity contribution in [3.63, 3.8) is 0 Å². The number of hydrogen-bond donors (Lipinski definition) is 1. The first-order chi connectivity index (χ1) is 9.57. The third-order valence-electron chi connectivity index (χ3n) is 5.29. The lowest BCUT2D eigenvalue weighted by Gasteiger charge is -2.38. The van der Waals surface area contributed by atoms with Crippen LogP contribution >= 0.6 is 0 Å². The van der Waals surface area contributed by atoms with Gasteiger partial charge in [0.1, 0.15) is 0 Å².